The first-order valence-corrected chi connectivity index (χ1v) is 10.6. The molecule has 3 aromatic rings. The van der Waals surface area contributed by atoms with E-state index in [1.54, 1.807) is 12.1 Å². The Kier molecular flexibility index (Phi) is 7.74. The summed E-state index contributed by atoms with van der Waals surface area (Å²) in [7, 11) is 0. The van der Waals surface area contributed by atoms with Crippen molar-refractivity contribution in [3.8, 4) is 5.75 Å². The highest BCUT2D eigenvalue weighted by Crippen LogP contribution is 2.22. The number of halogens is 2. The summed E-state index contributed by atoms with van der Waals surface area (Å²) >= 11 is 12.5. The minimum absolute atomic E-state index is 0.0525. The van der Waals surface area contributed by atoms with Gasteiger partial charge in [0.05, 0.1) is 10.7 Å². The second-order valence-electron chi connectivity index (χ2n) is 6.95. The van der Waals surface area contributed by atoms with E-state index in [2.05, 4.69) is 12.3 Å². The number of hydrazine groups is 1. The van der Waals surface area contributed by atoms with Crippen molar-refractivity contribution in [3.63, 3.8) is 0 Å². The van der Waals surface area contributed by atoms with E-state index in [0.29, 0.717) is 35.0 Å². The van der Waals surface area contributed by atoms with E-state index in [1.165, 1.54) is 10.6 Å². The van der Waals surface area contributed by atoms with Gasteiger partial charge in [0.15, 0.2) is 0 Å². The number of nitrogens with two attached hydrogens (primary N) is 1. The number of hydrogen-bond donors (Lipinski definition) is 2. The molecule has 162 valence electrons. The first-order chi connectivity index (χ1) is 14.9. The van der Waals surface area contributed by atoms with Crippen LogP contribution in [0, 0.1) is 0 Å². The number of carbonyl (C=O) groups is 1. The van der Waals surface area contributed by atoms with Crippen LogP contribution in [0.5, 0.6) is 5.75 Å². The Balaban J connectivity index is 1.80. The van der Waals surface area contributed by atoms with Crippen LogP contribution in [-0.2, 0) is 26.0 Å². The molecule has 0 aliphatic rings. The van der Waals surface area contributed by atoms with E-state index in [-0.39, 0.29) is 23.1 Å². The van der Waals surface area contributed by atoms with Crippen LogP contribution >= 0.6 is 23.2 Å². The number of nitrogens with one attached hydrogen (secondary N) is 1. The molecule has 0 saturated heterocycles. The summed E-state index contributed by atoms with van der Waals surface area (Å²) in [6.45, 7) is 2.56. The molecule has 8 heteroatoms. The lowest BCUT2D eigenvalue weighted by molar-refractivity contribution is 0.0953. The standard InChI is InChI=1S/C23H23Cl2N3O3/c1-2-15-4-3-5-18(12-15)31-14-21-19(24)13-20(25)23(30)28(21)11-10-16-6-8-17(9-7-16)22(29)27-26/h3-9,12-13H,2,10-11,14,26H2,1H3,(H,27,29). The fourth-order valence-corrected chi connectivity index (χ4v) is 3.71. The minimum atomic E-state index is -0.365. The zero-order valence-corrected chi connectivity index (χ0v) is 18.5. The third kappa shape index (κ3) is 5.67. The average Bonchev–Trinajstić information content (AvgIpc) is 2.79. The van der Waals surface area contributed by atoms with Crippen molar-refractivity contribution in [1.29, 1.82) is 0 Å². The van der Waals surface area contributed by atoms with Crippen molar-refractivity contribution >= 4 is 29.1 Å². The Labute approximate surface area is 190 Å². The molecule has 0 radical (unpaired) electrons. The second kappa shape index (κ2) is 10.5. The number of nitrogens with zero attached hydrogens (tertiary/aromatic N) is 1. The first kappa shape index (κ1) is 22.9. The molecule has 31 heavy (non-hydrogen) atoms. The highest BCUT2D eigenvalue weighted by Gasteiger charge is 2.14. The highest BCUT2D eigenvalue weighted by atomic mass is 35.5. The number of pyridine rings is 1. The molecule has 1 aromatic heterocycles. The summed E-state index contributed by atoms with van der Waals surface area (Å²) < 4.78 is 7.45. The summed E-state index contributed by atoms with van der Waals surface area (Å²) in [6.07, 6.45) is 1.44. The van der Waals surface area contributed by atoms with Gasteiger partial charge >= 0.3 is 0 Å². The Bertz CT molecular complexity index is 1130. The molecule has 0 unspecified atom stereocenters. The van der Waals surface area contributed by atoms with E-state index in [1.807, 2.05) is 36.4 Å². The van der Waals surface area contributed by atoms with Gasteiger partial charge in [0.2, 0.25) is 0 Å². The molecule has 2 aromatic carbocycles. The number of hydrogen-bond acceptors (Lipinski definition) is 4. The molecule has 3 N–H and O–H groups in total. The third-order valence-electron chi connectivity index (χ3n) is 4.96. The average molecular weight is 460 g/mol. The van der Waals surface area contributed by atoms with E-state index in [0.717, 1.165) is 17.5 Å². The number of aromatic nitrogens is 1. The monoisotopic (exact) mass is 459 g/mol. The Morgan fingerprint density at radius 2 is 1.81 bits per heavy atom. The second-order valence-corrected chi connectivity index (χ2v) is 7.77. The summed E-state index contributed by atoms with van der Waals surface area (Å²) in [5.41, 5.74) is 4.87. The number of benzene rings is 2. The lowest BCUT2D eigenvalue weighted by atomic mass is 10.1. The van der Waals surface area contributed by atoms with Crippen LogP contribution in [0.3, 0.4) is 0 Å². The highest BCUT2D eigenvalue weighted by molar-refractivity contribution is 6.34. The lowest BCUT2D eigenvalue weighted by Crippen LogP contribution is -2.29. The van der Waals surface area contributed by atoms with Gasteiger partial charge in [-0.05, 0) is 54.3 Å². The van der Waals surface area contributed by atoms with Gasteiger partial charge in [-0.3, -0.25) is 15.0 Å². The van der Waals surface area contributed by atoms with Gasteiger partial charge in [0.1, 0.15) is 17.4 Å². The molecule has 0 saturated carbocycles. The Morgan fingerprint density at radius 3 is 2.48 bits per heavy atom. The maximum atomic E-state index is 12.7. The molecule has 3 rings (SSSR count). The van der Waals surface area contributed by atoms with Crippen LogP contribution in [-0.4, -0.2) is 10.5 Å². The fraction of sp³-hybridized carbons (Fsp3) is 0.217. The van der Waals surface area contributed by atoms with Crippen molar-refractivity contribution in [2.45, 2.75) is 32.9 Å². The maximum Gasteiger partial charge on any atom is 0.269 e. The van der Waals surface area contributed by atoms with E-state index in [4.69, 9.17) is 33.8 Å². The topological polar surface area (TPSA) is 86.3 Å². The van der Waals surface area contributed by atoms with Crippen molar-refractivity contribution in [2.24, 2.45) is 5.84 Å². The lowest BCUT2D eigenvalue weighted by Gasteiger charge is -2.16. The summed E-state index contributed by atoms with van der Waals surface area (Å²) in [6, 6.07) is 16.2. The molecule has 1 amide bonds. The van der Waals surface area contributed by atoms with Crippen LogP contribution in [0.4, 0.5) is 0 Å². The number of nitrogen functional groups attached to an aromatic ring is 1. The van der Waals surface area contributed by atoms with Crippen molar-refractivity contribution in [1.82, 2.24) is 9.99 Å². The Hall–Kier alpha value is -2.80. The van der Waals surface area contributed by atoms with Crippen LogP contribution in [0.2, 0.25) is 10.0 Å². The number of aryl methyl sites for hydroxylation is 2. The van der Waals surface area contributed by atoms with Gasteiger partial charge in [0, 0.05) is 12.1 Å². The van der Waals surface area contributed by atoms with Crippen LogP contribution < -0.4 is 21.6 Å². The first-order valence-electron chi connectivity index (χ1n) is 9.82. The van der Waals surface area contributed by atoms with Gasteiger partial charge < -0.3 is 9.30 Å². The SMILES string of the molecule is CCc1cccc(OCc2c(Cl)cc(Cl)c(=O)n2CCc2ccc(C(=O)NN)cc2)c1. The number of amides is 1. The van der Waals surface area contributed by atoms with Gasteiger partial charge in [-0.1, -0.05) is 54.4 Å². The predicted octanol–water partition coefficient (Wildman–Crippen LogP) is 4.14. The molecule has 1 heterocycles. The smallest absolute Gasteiger partial charge is 0.269 e. The molecule has 0 fully saturated rings. The predicted molar refractivity (Wildman–Crippen MR) is 123 cm³/mol. The van der Waals surface area contributed by atoms with Gasteiger partial charge in [-0.15, -0.1) is 0 Å². The van der Waals surface area contributed by atoms with Gasteiger partial charge in [0.25, 0.3) is 11.5 Å². The van der Waals surface area contributed by atoms with Crippen molar-refractivity contribution < 1.29 is 9.53 Å². The molecular formula is C23H23Cl2N3O3. The zero-order chi connectivity index (χ0) is 22.4. The maximum absolute atomic E-state index is 12.7. The molecule has 0 atom stereocenters. The number of carbonyl (C=O) groups excluding carboxylic acids is 1. The molecular weight excluding hydrogens is 437 g/mol. The van der Waals surface area contributed by atoms with E-state index >= 15 is 0 Å². The van der Waals surface area contributed by atoms with Crippen LogP contribution in [0.1, 0.15) is 34.1 Å². The molecule has 6 nitrogen and oxygen atoms in total. The van der Waals surface area contributed by atoms with E-state index in [9.17, 15) is 9.59 Å². The normalized spacial score (nSPS) is 10.7. The number of rotatable bonds is 8. The third-order valence-corrected chi connectivity index (χ3v) is 5.56. The molecule has 0 aliphatic heterocycles. The van der Waals surface area contributed by atoms with Crippen LogP contribution in [0.15, 0.2) is 59.4 Å². The minimum Gasteiger partial charge on any atom is -0.487 e. The molecule has 0 bridgehead atoms. The summed E-state index contributed by atoms with van der Waals surface area (Å²) in [4.78, 5) is 24.3. The molecule has 0 spiro atoms. The molecule has 0 aliphatic carbocycles. The quantitative estimate of drug-likeness (QED) is 0.301. The fourth-order valence-electron chi connectivity index (χ4n) is 3.17. The van der Waals surface area contributed by atoms with E-state index < -0.39 is 0 Å². The zero-order valence-electron chi connectivity index (χ0n) is 17.0. The van der Waals surface area contributed by atoms with Gasteiger partial charge in [-0.25, -0.2) is 5.84 Å². The summed E-state index contributed by atoms with van der Waals surface area (Å²) in [5, 5.41) is 0.419. The largest absolute Gasteiger partial charge is 0.487 e. The van der Waals surface area contributed by atoms with Crippen LogP contribution in [0.25, 0.3) is 0 Å². The Morgan fingerprint density at radius 1 is 1.06 bits per heavy atom. The van der Waals surface area contributed by atoms with Gasteiger partial charge in [-0.2, -0.15) is 0 Å². The van der Waals surface area contributed by atoms with Crippen molar-refractivity contribution in [3.05, 3.63) is 97.4 Å². The summed E-state index contributed by atoms with van der Waals surface area (Å²) in [5.74, 6) is 5.49. The van der Waals surface area contributed by atoms with Crippen molar-refractivity contribution in [2.75, 3.05) is 0 Å². The number of ether oxygens (including phenoxy) is 1.